The molecule has 0 aliphatic carbocycles. The number of rotatable bonds is 10. The van der Waals surface area contributed by atoms with Crippen LogP contribution in [0.1, 0.15) is 29.3 Å². The fourth-order valence-corrected chi connectivity index (χ4v) is 8.20. The van der Waals surface area contributed by atoms with Gasteiger partial charge < -0.3 is 31.5 Å². The van der Waals surface area contributed by atoms with E-state index in [-0.39, 0.29) is 31.4 Å². The Labute approximate surface area is 349 Å². The molecule has 0 amide bonds. The molecule has 1 aliphatic heterocycles. The summed E-state index contributed by atoms with van der Waals surface area (Å²) in [6, 6.07) is 17.1. The van der Waals surface area contributed by atoms with Gasteiger partial charge in [0, 0.05) is 6.42 Å². The van der Waals surface area contributed by atoms with Gasteiger partial charge in [-0.1, -0.05) is 53.1 Å². The van der Waals surface area contributed by atoms with Crippen molar-refractivity contribution in [3.63, 3.8) is 0 Å². The first-order valence-electron chi connectivity index (χ1n) is 17.4. The molecule has 10 N–H and O–H groups in total. The van der Waals surface area contributed by atoms with E-state index in [2.05, 4.69) is 15.0 Å². The lowest BCUT2D eigenvalue weighted by atomic mass is 10.1. The van der Waals surface area contributed by atoms with Gasteiger partial charge in [-0.15, -0.1) is 0 Å². The fraction of sp³-hybridized carbons (Fsp3) is 0.333. The Hall–Kier alpha value is -4.60. The molecule has 5 aromatic rings. The number of anilines is 1. The summed E-state index contributed by atoms with van der Waals surface area (Å²) in [6.45, 7) is 5.52. The number of aliphatic hydroxyl groups excluding tert-OH is 2. The van der Waals surface area contributed by atoms with Gasteiger partial charge in [-0.25, -0.2) is 15.0 Å². The Morgan fingerprint density at radius 3 is 1.55 bits per heavy atom. The van der Waals surface area contributed by atoms with Gasteiger partial charge in [-0.05, 0) is 68.1 Å². The SMILES string of the molecule is C[S+](CC[C@H](N)C(=O)O)C[C@H]1O[C@@H](n2cnc3c(N)ncnc32)[C@H](O)[C@@H]1O.Cc1ccc(S(=O)(=O)O)cc1.Cc1ccc(S(=O)(=O)O)cc1.Cc1ccc(S(=O)(=O)O)cc1. The molecule has 0 saturated carbocycles. The van der Waals surface area contributed by atoms with Gasteiger partial charge in [0.25, 0.3) is 30.4 Å². The van der Waals surface area contributed by atoms with Crippen molar-refractivity contribution in [3.8, 4) is 0 Å². The maximum Gasteiger partial charge on any atom is 0.320 e. The zero-order valence-electron chi connectivity index (χ0n) is 32.6. The summed E-state index contributed by atoms with van der Waals surface area (Å²) in [6.07, 6.45) is 1.31. The molecule has 6 rings (SSSR count). The lowest BCUT2D eigenvalue weighted by Gasteiger charge is -2.16. The molecule has 24 heteroatoms. The summed E-state index contributed by atoms with van der Waals surface area (Å²) in [5, 5.41) is 29.7. The lowest BCUT2D eigenvalue weighted by molar-refractivity contribution is -0.138. The van der Waals surface area contributed by atoms with E-state index < -0.39 is 66.9 Å². The molecule has 60 heavy (non-hydrogen) atoms. The van der Waals surface area contributed by atoms with E-state index in [9.17, 15) is 40.3 Å². The number of benzene rings is 3. The minimum absolute atomic E-state index is 0.0666. The monoisotopic (exact) mass is 915 g/mol. The molecule has 1 saturated heterocycles. The Bertz CT molecular complexity index is 2350. The minimum Gasteiger partial charge on any atom is -0.480 e. The third-order valence-electron chi connectivity index (χ3n) is 8.50. The fourth-order valence-electron chi connectivity index (χ4n) is 5.10. The summed E-state index contributed by atoms with van der Waals surface area (Å²) in [4.78, 5) is 22.8. The number of hydrogen-bond donors (Lipinski definition) is 8. The van der Waals surface area contributed by atoms with Gasteiger partial charge >= 0.3 is 5.97 Å². The van der Waals surface area contributed by atoms with Crippen molar-refractivity contribution in [2.24, 2.45) is 5.73 Å². The molecule has 1 aliphatic rings. The standard InChI is InChI=1S/C15H22N6O5S.3C7H8O3S/c1-27(3-2-7(16)15(24)25)4-8-10(22)11(23)14(26-8)21-6-20-9-12(17)18-5-19-13(9)21;3*1-6-2-4-7(5-3-6)11(8,9)10/h5-8,10-11,14,22-23H,2-4,16H2,1H3,(H2-,17,18,19,24,25);3*2-5H,1H3,(H,8,9,10)/p+1/t7-,8+,10+,11+,14+,27?;;;/m0.../s1. The smallest absolute Gasteiger partial charge is 0.320 e. The molecule has 6 atom stereocenters. The summed E-state index contributed by atoms with van der Waals surface area (Å²) in [5.41, 5.74) is 15.0. The number of carboxylic acid groups (broad SMARTS) is 1. The normalized spacial score (nSPS) is 18.8. The quantitative estimate of drug-likeness (QED) is 0.0731. The average molecular weight is 916 g/mol. The van der Waals surface area contributed by atoms with Crippen molar-refractivity contribution < 1.29 is 63.8 Å². The van der Waals surface area contributed by atoms with Gasteiger partial charge in [0.1, 0.15) is 47.7 Å². The number of ether oxygens (including phenoxy) is 1. The minimum atomic E-state index is -4.02. The van der Waals surface area contributed by atoms with Crippen LogP contribution in [-0.4, -0.2) is 122 Å². The number of aromatic nitrogens is 4. The van der Waals surface area contributed by atoms with Crippen LogP contribution in [0.3, 0.4) is 0 Å². The molecule has 0 spiro atoms. The van der Waals surface area contributed by atoms with Crippen molar-refractivity contribution in [1.82, 2.24) is 19.5 Å². The van der Waals surface area contributed by atoms with E-state index in [0.29, 0.717) is 29.1 Å². The number of nitrogens with zero attached hydrogens (tertiary/aromatic N) is 4. The molecular formula is C36H47N6O14S4+. The first-order chi connectivity index (χ1) is 27.8. The summed E-state index contributed by atoms with van der Waals surface area (Å²) in [5.74, 6) is 0.254. The predicted molar refractivity (Wildman–Crippen MR) is 222 cm³/mol. The van der Waals surface area contributed by atoms with Crippen LogP contribution in [0.15, 0.2) is 100 Å². The van der Waals surface area contributed by atoms with Crippen LogP contribution in [0.2, 0.25) is 0 Å². The first kappa shape index (κ1) is 49.8. The van der Waals surface area contributed by atoms with Gasteiger partial charge in [0.05, 0.1) is 27.3 Å². The van der Waals surface area contributed by atoms with Crippen LogP contribution >= 0.6 is 0 Å². The Morgan fingerprint density at radius 2 is 1.17 bits per heavy atom. The highest BCUT2D eigenvalue weighted by Gasteiger charge is 2.46. The largest absolute Gasteiger partial charge is 0.480 e. The maximum absolute atomic E-state index is 10.8. The summed E-state index contributed by atoms with van der Waals surface area (Å²) >= 11 is 0. The van der Waals surface area contributed by atoms with Gasteiger partial charge in [-0.3, -0.25) is 23.0 Å². The molecule has 0 radical (unpaired) electrons. The number of carbonyl (C=O) groups is 1. The molecule has 3 heterocycles. The van der Waals surface area contributed by atoms with E-state index in [1.54, 1.807) is 36.4 Å². The van der Waals surface area contributed by atoms with E-state index in [1.807, 2.05) is 27.0 Å². The average Bonchev–Trinajstić information content (AvgIpc) is 3.71. The summed E-state index contributed by atoms with van der Waals surface area (Å²) in [7, 11) is -12.3. The van der Waals surface area contributed by atoms with Crippen molar-refractivity contribution in [2.75, 3.05) is 23.5 Å². The van der Waals surface area contributed by atoms with E-state index in [4.69, 9.17) is 35.0 Å². The highest BCUT2D eigenvalue weighted by Crippen LogP contribution is 2.32. The Balaban J connectivity index is 0.000000241. The van der Waals surface area contributed by atoms with Crippen LogP contribution in [0.4, 0.5) is 5.82 Å². The molecule has 0 bridgehead atoms. The number of hydrogen-bond acceptors (Lipinski definition) is 15. The highest BCUT2D eigenvalue weighted by molar-refractivity contribution is 7.96. The Morgan fingerprint density at radius 1 is 0.750 bits per heavy atom. The number of fused-ring (bicyclic) bond motifs is 1. The molecule has 328 valence electrons. The second-order valence-electron chi connectivity index (χ2n) is 13.4. The molecule has 2 aromatic heterocycles. The third kappa shape index (κ3) is 14.8. The third-order valence-corrected chi connectivity index (χ3v) is 12.9. The van der Waals surface area contributed by atoms with Crippen molar-refractivity contribution in [1.29, 1.82) is 0 Å². The second-order valence-corrected chi connectivity index (χ2v) is 19.9. The van der Waals surface area contributed by atoms with Crippen LogP contribution in [0, 0.1) is 20.8 Å². The number of aliphatic hydroxyl groups is 2. The number of carboxylic acids is 1. The zero-order chi connectivity index (χ0) is 45.2. The van der Waals surface area contributed by atoms with Crippen molar-refractivity contribution in [3.05, 3.63) is 102 Å². The second kappa shape index (κ2) is 21.3. The van der Waals surface area contributed by atoms with Gasteiger partial charge in [0.15, 0.2) is 17.7 Å². The predicted octanol–water partition coefficient (Wildman–Crippen LogP) is 1.80. The number of aliphatic carboxylic acids is 1. The molecule has 1 unspecified atom stereocenters. The number of aryl methyl sites for hydroxylation is 3. The van der Waals surface area contributed by atoms with Crippen molar-refractivity contribution in [2.45, 2.75) is 72.5 Å². The molecular weight excluding hydrogens is 869 g/mol. The number of nitrogens with two attached hydrogens (primary N) is 2. The topological polar surface area (TPSA) is 346 Å². The van der Waals surface area contributed by atoms with E-state index >= 15 is 0 Å². The molecule has 20 nitrogen and oxygen atoms in total. The zero-order valence-corrected chi connectivity index (χ0v) is 35.9. The first-order valence-corrected chi connectivity index (χ1v) is 23.7. The lowest BCUT2D eigenvalue weighted by Crippen LogP contribution is -2.37. The van der Waals surface area contributed by atoms with Gasteiger partial charge in [0.2, 0.25) is 0 Å². The molecule has 1 fully saturated rings. The van der Waals surface area contributed by atoms with E-state index in [0.717, 1.165) is 16.7 Å². The summed E-state index contributed by atoms with van der Waals surface area (Å²) < 4.78 is 96.1. The van der Waals surface area contributed by atoms with Crippen LogP contribution in [0.5, 0.6) is 0 Å². The maximum atomic E-state index is 10.8. The number of nitrogen functional groups attached to an aromatic ring is 1. The van der Waals surface area contributed by atoms with Crippen LogP contribution < -0.4 is 11.5 Å². The van der Waals surface area contributed by atoms with Crippen molar-refractivity contribution >= 4 is 64.2 Å². The molecule has 3 aromatic carbocycles. The van der Waals surface area contributed by atoms with Crippen LogP contribution in [-0.2, 0) is 50.8 Å². The highest BCUT2D eigenvalue weighted by atomic mass is 32.2. The number of imidazole rings is 1. The van der Waals surface area contributed by atoms with Crippen LogP contribution in [0.25, 0.3) is 11.2 Å². The Kier molecular flexibility index (Phi) is 17.6. The van der Waals surface area contributed by atoms with Gasteiger partial charge in [-0.2, -0.15) is 25.3 Å². The van der Waals surface area contributed by atoms with E-state index in [1.165, 1.54) is 53.6 Å².